The van der Waals surface area contributed by atoms with Crippen LogP contribution in [0.3, 0.4) is 0 Å². The first kappa shape index (κ1) is 17.8. The normalized spacial score (nSPS) is 12.8. The highest BCUT2D eigenvalue weighted by Gasteiger charge is 2.18. The van der Waals surface area contributed by atoms with Gasteiger partial charge < -0.3 is 9.64 Å². The molecule has 1 N–H and O–H groups in total. The van der Waals surface area contributed by atoms with E-state index in [0.29, 0.717) is 11.3 Å². The fourth-order valence-electron chi connectivity index (χ4n) is 3.34. The lowest BCUT2D eigenvalue weighted by Crippen LogP contribution is -2.18. The van der Waals surface area contributed by atoms with E-state index >= 15 is 0 Å². The van der Waals surface area contributed by atoms with E-state index in [1.165, 1.54) is 23.9 Å². The zero-order valence-electron chi connectivity index (χ0n) is 15.6. The lowest BCUT2D eigenvalue weighted by molar-refractivity contribution is 0.0952. The molecular weight excluding hydrogens is 350 g/mol. The van der Waals surface area contributed by atoms with E-state index in [1.54, 1.807) is 24.4 Å². The summed E-state index contributed by atoms with van der Waals surface area (Å²) in [6.07, 6.45) is 1.63. The molecule has 0 aliphatic carbocycles. The van der Waals surface area contributed by atoms with Gasteiger partial charge in [0.05, 0.1) is 18.9 Å². The first-order valence-corrected chi connectivity index (χ1v) is 9.13. The lowest BCUT2D eigenvalue weighted by Gasteiger charge is -2.17. The van der Waals surface area contributed by atoms with E-state index in [-0.39, 0.29) is 5.91 Å². The number of fused-ring (bicyclic) bond motifs is 1. The van der Waals surface area contributed by atoms with Crippen LogP contribution >= 0.6 is 0 Å². The number of amides is 1. The van der Waals surface area contributed by atoms with Crippen LogP contribution in [0.1, 0.15) is 27.0 Å². The molecule has 1 amide bonds. The average Bonchev–Trinajstić information content (AvgIpc) is 3.18. The highest BCUT2D eigenvalue weighted by atomic mass is 16.5. The Bertz CT molecular complexity index is 987. The van der Waals surface area contributed by atoms with Gasteiger partial charge in [-0.25, -0.2) is 5.43 Å². The molecule has 0 saturated carbocycles. The van der Waals surface area contributed by atoms with Gasteiger partial charge in [0.25, 0.3) is 5.91 Å². The number of hydrazone groups is 1. The molecule has 3 aromatic carbocycles. The largest absolute Gasteiger partial charge is 0.496 e. The van der Waals surface area contributed by atoms with Crippen molar-refractivity contribution in [2.75, 3.05) is 12.0 Å². The van der Waals surface area contributed by atoms with Crippen molar-refractivity contribution >= 4 is 17.8 Å². The minimum Gasteiger partial charge on any atom is -0.496 e. The number of anilines is 1. The highest BCUT2D eigenvalue weighted by Crippen LogP contribution is 2.27. The summed E-state index contributed by atoms with van der Waals surface area (Å²) in [5, 5.41) is 4.06. The zero-order chi connectivity index (χ0) is 19.3. The second-order valence-corrected chi connectivity index (χ2v) is 6.62. The number of hydrogen-bond donors (Lipinski definition) is 1. The van der Waals surface area contributed by atoms with Gasteiger partial charge in [0.1, 0.15) is 5.75 Å². The Balaban J connectivity index is 1.38. The smallest absolute Gasteiger partial charge is 0.275 e. The van der Waals surface area contributed by atoms with Crippen molar-refractivity contribution in [1.82, 2.24) is 5.43 Å². The number of ether oxygens (including phenoxy) is 1. The van der Waals surface area contributed by atoms with E-state index in [1.807, 2.05) is 18.2 Å². The summed E-state index contributed by atoms with van der Waals surface area (Å²) in [6.45, 7) is 1.86. The number of benzene rings is 3. The fourth-order valence-corrected chi connectivity index (χ4v) is 3.34. The summed E-state index contributed by atoms with van der Waals surface area (Å²) in [5.74, 6) is 0.214. The first-order valence-electron chi connectivity index (χ1n) is 9.13. The predicted molar refractivity (Wildman–Crippen MR) is 111 cm³/mol. The van der Waals surface area contributed by atoms with Crippen molar-refractivity contribution < 1.29 is 9.53 Å². The fraction of sp³-hybridized carbons (Fsp3) is 0.130. The lowest BCUT2D eigenvalue weighted by atomic mass is 10.1. The molecule has 5 heteroatoms. The van der Waals surface area contributed by atoms with Crippen LogP contribution in [0.4, 0.5) is 5.69 Å². The van der Waals surface area contributed by atoms with Gasteiger partial charge >= 0.3 is 0 Å². The van der Waals surface area contributed by atoms with Crippen LogP contribution in [-0.4, -0.2) is 19.2 Å². The zero-order valence-corrected chi connectivity index (χ0v) is 15.6. The Morgan fingerprint density at radius 2 is 1.61 bits per heavy atom. The van der Waals surface area contributed by atoms with Crippen LogP contribution in [-0.2, 0) is 13.1 Å². The number of hydrogen-bond acceptors (Lipinski definition) is 4. The number of nitrogens with zero attached hydrogens (tertiary/aromatic N) is 2. The predicted octanol–water partition coefficient (Wildman–Crippen LogP) is 3.98. The third kappa shape index (κ3) is 3.74. The van der Waals surface area contributed by atoms with E-state index in [9.17, 15) is 4.79 Å². The van der Waals surface area contributed by atoms with Gasteiger partial charge in [-0.2, -0.15) is 5.10 Å². The van der Waals surface area contributed by atoms with Gasteiger partial charge in [0.2, 0.25) is 0 Å². The molecular formula is C23H21N3O2. The Morgan fingerprint density at radius 1 is 0.964 bits per heavy atom. The van der Waals surface area contributed by atoms with Crippen molar-refractivity contribution in [3.63, 3.8) is 0 Å². The molecule has 0 unspecified atom stereocenters. The molecule has 28 heavy (non-hydrogen) atoms. The molecule has 140 valence electrons. The number of carbonyl (C=O) groups excluding carboxylic acids is 1. The molecule has 1 aliphatic heterocycles. The minimum absolute atomic E-state index is 0.305. The van der Waals surface area contributed by atoms with Crippen LogP contribution < -0.4 is 15.1 Å². The van der Waals surface area contributed by atoms with Crippen molar-refractivity contribution in [2.24, 2.45) is 5.10 Å². The maximum atomic E-state index is 12.2. The number of para-hydroxylation sites is 1. The SMILES string of the molecule is COc1ccccc1C(=O)N/N=C\c1ccc(N2Cc3ccccc3C2)cc1. The van der Waals surface area contributed by atoms with E-state index in [2.05, 4.69) is 51.8 Å². The molecule has 0 spiro atoms. The Morgan fingerprint density at radius 3 is 2.29 bits per heavy atom. The molecule has 3 aromatic rings. The van der Waals surface area contributed by atoms with Crippen molar-refractivity contribution in [3.8, 4) is 5.75 Å². The molecule has 1 aliphatic rings. The van der Waals surface area contributed by atoms with E-state index in [4.69, 9.17) is 4.74 Å². The van der Waals surface area contributed by atoms with E-state index in [0.717, 1.165) is 18.7 Å². The Hall–Kier alpha value is -3.60. The van der Waals surface area contributed by atoms with Crippen molar-refractivity contribution in [3.05, 3.63) is 95.1 Å². The molecule has 0 aromatic heterocycles. The minimum atomic E-state index is -0.305. The molecule has 0 saturated heterocycles. The van der Waals surface area contributed by atoms with Gasteiger partial charge in [-0.3, -0.25) is 4.79 Å². The highest BCUT2D eigenvalue weighted by molar-refractivity contribution is 5.97. The quantitative estimate of drug-likeness (QED) is 0.545. The van der Waals surface area contributed by atoms with Gasteiger partial charge in [0.15, 0.2) is 0 Å². The van der Waals surface area contributed by atoms with Crippen molar-refractivity contribution in [1.29, 1.82) is 0 Å². The maximum Gasteiger partial charge on any atom is 0.275 e. The molecule has 1 heterocycles. The van der Waals surface area contributed by atoms with Crippen LogP contribution in [0.25, 0.3) is 0 Å². The molecule has 0 atom stereocenters. The van der Waals surface area contributed by atoms with Gasteiger partial charge in [-0.05, 0) is 41.0 Å². The standard InChI is InChI=1S/C23H21N3O2/c1-28-22-9-5-4-8-21(22)23(27)25-24-14-17-10-12-20(13-11-17)26-15-18-6-2-3-7-19(18)16-26/h2-14H,15-16H2,1H3,(H,25,27)/b24-14-. The summed E-state index contributed by atoms with van der Waals surface area (Å²) < 4.78 is 5.20. The monoisotopic (exact) mass is 371 g/mol. The van der Waals surface area contributed by atoms with Gasteiger partial charge in [-0.1, -0.05) is 48.5 Å². The number of carbonyl (C=O) groups is 1. The molecule has 4 rings (SSSR count). The third-order valence-electron chi connectivity index (χ3n) is 4.83. The molecule has 0 radical (unpaired) electrons. The molecule has 0 fully saturated rings. The van der Waals surface area contributed by atoms with Crippen LogP contribution in [0.5, 0.6) is 5.75 Å². The summed E-state index contributed by atoms with van der Waals surface area (Å²) in [7, 11) is 1.54. The number of rotatable bonds is 5. The second kappa shape index (κ2) is 7.96. The Kier molecular flexibility index (Phi) is 5.06. The topological polar surface area (TPSA) is 53.9 Å². The van der Waals surface area contributed by atoms with Crippen LogP contribution in [0.15, 0.2) is 77.9 Å². The summed E-state index contributed by atoms with van der Waals surface area (Å²) in [6, 6.07) is 23.7. The summed E-state index contributed by atoms with van der Waals surface area (Å²) in [5.41, 5.74) is 7.85. The van der Waals surface area contributed by atoms with Crippen LogP contribution in [0, 0.1) is 0 Å². The van der Waals surface area contributed by atoms with Gasteiger partial charge in [0, 0.05) is 18.8 Å². The van der Waals surface area contributed by atoms with Gasteiger partial charge in [-0.15, -0.1) is 0 Å². The maximum absolute atomic E-state index is 12.2. The average molecular weight is 371 g/mol. The summed E-state index contributed by atoms with van der Waals surface area (Å²) in [4.78, 5) is 14.6. The van der Waals surface area contributed by atoms with Crippen molar-refractivity contribution in [2.45, 2.75) is 13.1 Å². The first-order chi connectivity index (χ1) is 13.7. The Labute approximate surface area is 164 Å². The number of nitrogens with one attached hydrogen (secondary N) is 1. The summed E-state index contributed by atoms with van der Waals surface area (Å²) >= 11 is 0. The number of methoxy groups -OCH3 is 1. The van der Waals surface area contributed by atoms with Crippen LogP contribution in [0.2, 0.25) is 0 Å². The molecule has 0 bridgehead atoms. The van der Waals surface area contributed by atoms with E-state index < -0.39 is 0 Å². The third-order valence-corrected chi connectivity index (χ3v) is 4.83. The second-order valence-electron chi connectivity index (χ2n) is 6.62. The molecule has 5 nitrogen and oxygen atoms in total.